The van der Waals surface area contributed by atoms with E-state index in [4.69, 9.17) is 9.47 Å². The van der Waals surface area contributed by atoms with E-state index in [1.165, 1.54) is 26.2 Å². The van der Waals surface area contributed by atoms with Crippen molar-refractivity contribution in [3.63, 3.8) is 0 Å². The number of carbonyl (C=O) groups excluding carboxylic acids is 2. The van der Waals surface area contributed by atoms with Gasteiger partial charge in [0.05, 0.1) is 33.2 Å². The molecule has 6 nitrogen and oxygen atoms in total. The highest BCUT2D eigenvalue weighted by Gasteiger charge is 2.33. The van der Waals surface area contributed by atoms with Crippen LogP contribution in [0.1, 0.15) is 25.0 Å². The lowest BCUT2D eigenvalue weighted by Gasteiger charge is -2.14. The number of anilines is 1. The molecule has 0 bridgehead atoms. The van der Waals surface area contributed by atoms with Crippen LogP contribution in [0, 0.1) is 3.57 Å². The third-order valence-corrected chi connectivity index (χ3v) is 5.09. The standard InChI is InChI=1S/C21H16F3IN2O4/c1-11-16(7-13-8-17(25)19(31-12(2)28)18(9-13)30-3)20(29)27(26-11)15-6-4-5-14(10-15)21(22,23)24/h4-10H,1-3H3. The van der Waals surface area contributed by atoms with Gasteiger partial charge in [0.1, 0.15) is 0 Å². The van der Waals surface area contributed by atoms with Crippen LogP contribution in [-0.2, 0) is 15.8 Å². The van der Waals surface area contributed by atoms with E-state index in [2.05, 4.69) is 5.10 Å². The van der Waals surface area contributed by atoms with E-state index in [1.54, 1.807) is 25.1 Å². The second-order valence-corrected chi connectivity index (χ2v) is 7.70. The molecule has 1 heterocycles. The summed E-state index contributed by atoms with van der Waals surface area (Å²) in [6.07, 6.45) is -2.98. The summed E-state index contributed by atoms with van der Waals surface area (Å²) in [5, 5.41) is 5.06. The normalized spacial score (nSPS) is 15.3. The number of carbonyl (C=O) groups is 2. The monoisotopic (exact) mass is 544 g/mol. The Morgan fingerprint density at radius 2 is 1.94 bits per heavy atom. The topological polar surface area (TPSA) is 68.2 Å². The van der Waals surface area contributed by atoms with E-state index in [9.17, 15) is 22.8 Å². The highest BCUT2D eigenvalue weighted by Crippen LogP contribution is 2.36. The Hall–Kier alpha value is -2.89. The third-order valence-electron chi connectivity index (χ3n) is 4.29. The van der Waals surface area contributed by atoms with E-state index in [0.29, 0.717) is 20.6 Å². The zero-order chi connectivity index (χ0) is 22.9. The van der Waals surface area contributed by atoms with Crippen LogP contribution in [-0.4, -0.2) is 24.7 Å². The van der Waals surface area contributed by atoms with E-state index in [0.717, 1.165) is 17.1 Å². The number of nitrogens with zero attached hydrogens (tertiary/aromatic N) is 2. The van der Waals surface area contributed by atoms with Crippen molar-refractivity contribution in [3.05, 3.63) is 56.7 Å². The number of halogens is 4. The van der Waals surface area contributed by atoms with Crippen LogP contribution in [0.15, 0.2) is 47.1 Å². The summed E-state index contributed by atoms with van der Waals surface area (Å²) < 4.78 is 50.1. The number of ether oxygens (including phenoxy) is 2. The molecule has 0 spiro atoms. The molecule has 10 heteroatoms. The number of methoxy groups -OCH3 is 1. The van der Waals surface area contributed by atoms with E-state index >= 15 is 0 Å². The third kappa shape index (κ3) is 4.89. The number of amides is 1. The summed E-state index contributed by atoms with van der Waals surface area (Å²) in [4.78, 5) is 24.2. The minimum absolute atomic E-state index is 0.0138. The Morgan fingerprint density at radius 3 is 2.55 bits per heavy atom. The molecule has 0 radical (unpaired) electrons. The van der Waals surface area contributed by atoms with Gasteiger partial charge >= 0.3 is 12.1 Å². The number of hydrogen-bond donors (Lipinski definition) is 0. The molecule has 31 heavy (non-hydrogen) atoms. The maximum absolute atomic E-state index is 13.0. The van der Waals surface area contributed by atoms with Crippen LogP contribution in [0.3, 0.4) is 0 Å². The lowest BCUT2D eigenvalue weighted by atomic mass is 10.1. The van der Waals surface area contributed by atoms with Gasteiger partial charge in [-0.15, -0.1) is 0 Å². The van der Waals surface area contributed by atoms with Gasteiger partial charge in [0, 0.05) is 6.92 Å². The quantitative estimate of drug-likeness (QED) is 0.234. The molecule has 1 aliphatic heterocycles. The van der Waals surface area contributed by atoms with Crippen molar-refractivity contribution in [1.29, 1.82) is 0 Å². The maximum atomic E-state index is 13.0. The number of rotatable bonds is 4. The Bertz CT molecular complexity index is 1130. The zero-order valence-corrected chi connectivity index (χ0v) is 18.7. The van der Waals surface area contributed by atoms with Gasteiger partial charge in [-0.05, 0) is 71.5 Å². The molecule has 1 amide bonds. The fraction of sp³-hybridized carbons (Fsp3) is 0.190. The lowest BCUT2D eigenvalue weighted by Crippen LogP contribution is -2.21. The Morgan fingerprint density at radius 1 is 1.23 bits per heavy atom. The van der Waals surface area contributed by atoms with Crippen molar-refractivity contribution in [3.8, 4) is 11.5 Å². The molecule has 162 valence electrons. The highest BCUT2D eigenvalue weighted by molar-refractivity contribution is 14.1. The van der Waals surface area contributed by atoms with Crippen molar-refractivity contribution < 1.29 is 32.2 Å². The van der Waals surface area contributed by atoms with Crippen molar-refractivity contribution in [1.82, 2.24) is 0 Å². The molecule has 3 rings (SSSR count). The highest BCUT2D eigenvalue weighted by atomic mass is 127. The average molecular weight is 544 g/mol. The van der Waals surface area contributed by atoms with Crippen molar-refractivity contribution in [2.45, 2.75) is 20.0 Å². The fourth-order valence-corrected chi connectivity index (χ4v) is 3.64. The van der Waals surface area contributed by atoms with Gasteiger partial charge < -0.3 is 9.47 Å². The van der Waals surface area contributed by atoms with Crippen LogP contribution in [0.2, 0.25) is 0 Å². The van der Waals surface area contributed by atoms with E-state index in [1.807, 2.05) is 22.6 Å². The van der Waals surface area contributed by atoms with Gasteiger partial charge in [-0.3, -0.25) is 9.59 Å². The first-order valence-electron chi connectivity index (χ1n) is 8.86. The number of benzene rings is 2. The molecule has 0 aliphatic carbocycles. The average Bonchev–Trinajstić information content (AvgIpc) is 2.97. The van der Waals surface area contributed by atoms with Gasteiger partial charge in [0.15, 0.2) is 11.5 Å². The largest absolute Gasteiger partial charge is 0.493 e. The molecule has 2 aromatic rings. The second-order valence-electron chi connectivity index (χ2n) is 6.54. The van der Waals surface area contributed by atoms with Crippen LogP contribution in [0.25, 0.3) is 6.08 Å². The fourth-order valence-electron chi connectivity index (χ4n) is 2.91. The summed E-state index contributed by atoms with van der Waals surface area (Å²) in [5.74, 6) is -0.516. The zero-order valence-electron chi connectivity index (χ0n) is 16.6. The molecule has 0 saturated carbocycles. The first-order valence-corrected chi connectivity index (χ1v) is 9.94. The number of esters is 1. The summed E-state index contributed by atoms with van der Waals surface area (Å²) in [6.45, 7) is 2.86. The van der Waals surface area contributed by atoms with Gasteiger partial charge in [-0.25, -0.2) is 0 Å². The first-order chi connectivity index (χ1) is 14.5. The summed E-state index contributed by atoms with van der Waals surface area (Å²) >= 11 is 1.97. The predicted molar refractivity (Wildman–Crippen MR) is 117 cm³/mol. The molecule has 0 N–H and O–H groups in total. The molecular formula is C21H16F3IN2O4. The maximum Gasteiger partial charge on any atom is 0.416 e. The SMILES string of the molecule is COc1cc(C=C2C(=O)N(c3cccc(C(F)(F)F)c3)N=C2C)cc(I)c1OC(C)=O. The van der Waals surface area contributed by atoms with Gasteiger partial charge in [-0.1, -0.05) is 6.07 Å². The minimum Gasteiger partial charge on any atom is -0.493 e. The molecule has 0 aromatic heterocycles. The summed E-state index contributed by atoms with van der Waals surface area (Å²) in [7, 11) is 1.41. The molecule has 0 atom stereocenters. The number of hydrazone groups is 1. The lowest BCUT2D eigenvalue weighted by molar-refractivity contribution is -0.137. The van der Waals surface area contributed by atoms with Crippen LogP contribution >= 0.6 is 22.6 Å². The van der Waals surface area contributed by atoms with Crippen LogP contribution in [0.5, 0.6) is 11.5 Å². The Kier molecular flexibility index (Phi) is 6.39. The molecule has 0 fully saturated rings. The smallest absolute Gasteiger partial charge is 0.416 e. The second kappa shape index (κ2) is 8.69. The van der Waals surface area contributed by atoms with Crippen molar-refractivity contribution in [2.24, 2.45) is 5.10 Å². The van der Waals surface area contributed by atoms with Gasteiger partial charge in [0.2, 0.25) is 0 Å². The Labute approximate surface area is 189 Å². The molecule has 0 unspecified atom stereocenters. The van der Waals surface area contributed by atoms with E-state index in [-0.39, 0.29) is 17.0 Å². The van der Waals surface area contributed by atoms with Gasteiger partial charge in [-0.2, -0.15) is 23.3 Å². The molecule has 0 saturated heterocycles. The van der Waals surface area contributed by atoms with Crippen LogP contribution < -0.4 is 14.5 Å². The molecular weight excluding hydrogens is 528 g/mol. The summed E-state index contributed by atoms with van der Waals surface area (Å²) in [5.41, 5.74) is 0.278. The minimum atomic E-state index is -4.53. The van der Waals surface area contributed by atoms with Gasteiger partial charge in [0.25, 0.3) is 5.91 Å². The number of hydrogen-bond acceptors (Lipinski definition) is 5. The summed E-state index contributed by atoms with van der Waals surface area (Å²) in [6, 6.07) is 7.67. The molecule has 1 aliphatic rings. The Balaban J connectivity index is 1.97. The van der Waals surface area contributed by atoms with Crippen molar-refractivity contribution in [2.75, 3.05) is 12.1 Å². The van der Waals surface area contributed by atoms with Crippen LogP contribution in [0.4, 0.5) is 18.9 Å². The molecule has 2 aromatic carbocycles. The predicted octanol–water partition coefficient (Wildman–Crippen LogP) is 5.05. The van der Waals surface area contributed by atoms with Crippen molar-refractivity contribution >= 4 is 51.9 Å². The number of alkyl halides is 3. The van der Waals surface area contributed by atoms with E-state index < -0.39 is 23.6 Å². The first kappa shape index (κ1) is 22.8.